The summed E-state index contributed by atoms with van der Waals surface area (Å²) in [6.07, 6.45) is 4.87. The molecule has 0 saturated heterocycles. The van der Waals surface area contributed by atoms with Crippen LogP contribution in [0.15, 0.2) is 11.6 Å². The van der Waals surface area contributed by atoms with Crippen molar-refractivity contribution in [3.05, 3.63) is 11.6 Å². The van der Waals surface area contributed by atoms with Crippen LogP contribution >= 0.6 is 0 Å². The first kappa shape index (κ1) is 13.2. The molecule has 3 nitrogen and oxygen atoms in total. The number of unbranched alkanes of at least 4 members (excludes halogenated alkanes) is 2. The predicted octanol–water partition coefficient (Wildman–Crippen LogP) is 2.14. The molecule has 0 aromatic carbocycles. The molecule has 0 aliphatic heterocycles. The molecule has 0 aromatic heterocycles. The highest BCUT2D eigenvalue weighted by Gasteiger charge is 1.98. The van der Waals surface area contributed by atoms with E-state index in [4.69, 9.17) is 5.11 Å². The summed E-state index contributed by atoms with van der Waals surface area (Å²) in [4.78, 5) is 12.7. The van der Waals surface area contributed by atoms with E-state index >= 15 is 0 Å². The number of rotatable bonds is 7. The standard InChI is InChI=1S/C11H21NO2/c1-4-12(3)9-7-5-6-8-10(2)11(13)14/h8H,4-7,9H2,1-3H3,(H,13,14). The maximum Gasteiger partial charge on any atom is 0.330 e. The molecule has 0 aromatic rings. The lowest BCUT2D eigenvalue weighted by molar-refractivity contribution is -0.132. The Hall–Kier alpha value is -0.830. The Kier molecular flexibility index (Phi) is 7.11. The molecule has 0 heterocycles. The molecule has 0 aliphatic rings. The van der Waals surface area contributed by atoms with Gasteiger partial charge in [-0.25, -0.2) is 4.79 Å². The van der Waals surface area contributed by atoms with Gasteiger partial charge in [0.1, 0.15) is 0 Å². The summed E-state index contributed by atoms with van der Waals surface area (Å²) in [6, 6.07) is 0. The third-order valence-electron chi connectivity index (χ3n) is 2.32. The number of carboxylic acids is 1. The molecular formula is C11H21NO2. The molecule has 82 valence electrons. The Morgan fingerprint density at radius 2 is 2.07 bits per heavy atom. The van der Waals surface area contributed by atoms with Gasteiger partial charge in [0.05, 0.1) is 0 Å². The van der Waals surface area contributed by atoms with Gasteiger partial charge in [-0.2, -0.15) is 0 Å². The van der Waals surface area contributed by atoms with Crippen LogP contribution in [-0.4, -0.2) is 36.1 Å². The zero-order chi connectivity index (χ0) is 11.0. The minimum atomic E-state index is -0.810. The summed E-state index contributed by atoms with van der Waals surface area (Å²) in [7, 11) is 2.10. The fourth-order valence-corrected chi connectivity index (χ4v) is 1.09. The van der Waals surface area contributed by atoms with Crippen molar-refractivity contribution in [1.82, 2.24) is 4.90 Å². The molecule has 0 spiro atoms. The van der Waals surface area contributed by atoms with Gasteiger partial charge in [0, 0.05) is 5.57 Å². The van der Waals surface area contributed by atoms with Gasteiger partial charge in [-0.3, -0.25) is 0 Å². The average Bonchev–Trinajstić information content (AvgIpc) is 2.16. The van der Waals surface area contributed by atoms with Crippen LogP contribution < -0.4 is 0 Å². The Labute approximate surface area is 86.4 Å². The second-order valence-electron chi connectivity index (χ2n) is 3.58. The number of carbonyl (C=O) groups is 1. The van der Waals surface area contributed by atoms with Crippen molar-refractivity contribution in [2.75, 3.05) is 20.1 Å². The second kappa shape index (κ2) is 7.56. The molecule has 0 amide bonds. The first-order chi connectivity index (χ1) is 6.57. The lowest BCUT2D eigenvalue weighted by Gasteiger charge is -2.12. The molecule has 3 heteroatoms. The average molecular weight is 199 g/mol. The van der Waals surface area contributed by atoms with E-state index in [2.05, 4.69) is 18.9 Å². The van der Waals surface area contributed by atoms with Crippen LogP contribution in [-0.2, 0) is 4.79 Å². The van der Waals surface area contributed by atoms with E-state index in [1.807, 2.05) is 0 Å². The van der Waals surface area contributed by atoms with Crippen LogP contribution in [0.1, 0.15) is 33.1 Å². The monoisotopic (exact) mass is 199 g/mol. The summed E-state index contributed by atoms with van der Waals surface area (Å²) in [6.45, 7) is 5.94. The van der Waals surface area contributed by atoms with Gasteiger partial charge in [-0.05, 0) is 46.3 Å². The maximum atomic E-state index is 10.4. The van der Waals surface area contributed by atoms with E-state index in [1.165, 1.54) is 0 Å². The summed E-state index contributed by atoms with van der Waals surface area (Å²) in [5.74, 6) is -0.810. The Balaban J connectivity index is 3.47. The van der Waals surface area contributed by atoms with Crippen molar-refractivity contribution >= 4 is 5.97 Å². The van der Waals surface area contributed by atoms with Gasteiger partial charge < -0.3 is 10.0 Å². The summed E-state index contributed by atoms with van der Waals surface area (Å²) in [5.41, 5.74) is 0.453. The van der Waals surface area contributed by atoms with Gasteiger partial charge in [-0.15, -0.1) is 0 Å². The lowest BCUT2D eigenvalue weighted by Crippen LogP contribution is -2.18. The lowest BCUT2D eigenvalue weighted by atomic mass is 10.2. The largest absolute Gasteiger partial charge is 0.478 e. The number of aliphatic carboxylic acids is 1. The highest BCUT2D eigenvalue weighted by molar-refractivity contribution is 5.85. The zero-order valence-corrected chi connectivity index (χ0v) is 9.42. The van der Waals surface area contributed by atoms with Crippen molar-refractivity contribution in [3.63, 3.8) is 0 Å². The molecule has 0 bridgehead atoms. The van der Waals surface area contributed by atoms with Gasteiger partial charge in [0.25, 0.3) is 0 Å². The molecule has 0 fully saturated rings. The van der Waals surface area contributed by atoms with E-state index in [1.54, 1.807) is 13.0 Å². The highest BCUT2D eigenvalue weighted by atomic mass is 16.4. The van der Waals surface area contributed by atoms with Gasteiger partial charge >= 0.3 is 5.97 Å². The molecule has 0 rings (SSSR count). The van der Waals surface area contributed by atoms with E-state index in [0.717, 1.165) is 32.4 Å². The first-order valence-electron chi connectivity index (χ1n) is 5.16. The Bertz CT molecular complexity index is 199. The fourth-order valence-electron chi connectivity index (χ4n) is 1.09. The second-order valence-corrected chi connectivity index (χ2v) is 3.58. The quantitative estimate of drug-likeness (QED) is 0.504. The highest BCUT2D eigenvalue weighted by Crippen LogP contribution is 2.02. The van der Waals surface area contributed by atoms with Crippen molar-refractivity contribution in [2.24, 2.45) is 0 Å². The van der Waals surface area contributed by atoms with Gasteiger partial charge in [-0.1, -0.05) is 13.0 Å². The van der Waals surface area contributed by atoms with Crippen LogP contribution in [0.5, 0.6) is 0 Å². The molecule has 0 unspecified atom stereocenters. The number of carboxylic acid groups (broad SMARTS) is 1. The van der Waals surface area contributed by atoms with Gasteiger partial charge in [0.2, 0.25) is 0 Å². The molecule has 0 radical (unpaired) electrons. The van der Waals surface area contributed by atoms with E-state index in [0.29, 0.717) is 5.57 Å². The number of hydrogen-bond donors (Lipinski definition) is 1. The van der Waals surface area contributed by atoms with Crippen LogP contribution in [0.2, 0.25) is 0 Å². The van der Waals surface area contributed by atoms with Crippen molar-refractivity contribution in [1.29, 1.82) is 0 Å². The normalized spacial score (nSPS) is 12.1. The number of allylic oxidation sites excluding steroid dienone is 1. The van der Waals surface area contributed by atoms with Crippen LogP contribution in [0.25, 0.3) is 0 Å². The van der Waals surface area contributed by atoms with Crippen molar-refractivity contribution < 1.29 is 9.90 Å². The molecule has 0 saturated carbocycles. The van der Waals surface area contributed by atoms with E-state index in [-0.39, 0.29) is 0 Å². The molecule has 14 heavy (non-hydrogen) atoms. The molecular weight excluding hydrogens is 178 g/mol. The van der Waals surface area contributed by atoms with Crippen molar-refractivity contribution in [2.45, 2.75) is 33.1 Å². The summed E-state index contributed by atoms with van der Waals surface area (Å²) < 4.78 is 0. The number of nitrogens with zero attached hydrogens (tertiary/aromatic N) is 1. The number of hydrogen-bond acceptors (Lipinski definition) is 2. The fraction of sp³-hybridized carbons (Fsp3) is 0.727. The SMILES string of the molecule is CCN(C)CCCCC=C(C)C(=O)O. The molecule has 0 aliphatic carbocycles. The van der Waals surface area contributed by atoms with Crippen LogP contribution in [0.4, 0.5) is 0 Å². The van der Waals surface area contributed by atoms with Gasteiger partial charge in [0.15, 0.2) is 0 Å². The summed E-state index contributed by atoms with van der Waals surface area (Å²) >= 11 is 0. The minimum absolute atomic E-state index is 0.453. The predicted molar refractivity (Wildman–Crippen MR) is 58.4 cm³/mol. The summed E-state index contributed by atoms with van der Waals surface area (Å²) in [5, 5.41) is 8.59. The zero-order valence-electron chi connectivity index (χ0n) is 9.42. The topological polar surface area (TPSA) is 40.5 Å². The Morgan fingerprint density at radius 1 is 1.43 bits per heavy atom. The third kappa shape index (κ3) is 6.66. The third-order valence-corrected chi connectivity index (χ3v) is 2.32. The smallest absolute Gasteiger partial charge is 0.330 e. The van der Waals surface area contributed by atoms with Crippen molar-refractivity contribution in [3.8, 4) is 0 Å². The van der Waals surface area contributed by atoms with E-state index in [9.17, 15) is 4.79 Å². The van der Waals surface area contributed by atoms with E-state index < -0.39 is 5.97 Å². The van der Waals surface area contributed by atoms with Crippen LogP contribution in [0, 0.1) is 0 Å². The molecule has 0 atom stereocenters. The maximum absolute atomic E-state index is 10.4. The van der Waals surface area contributed by atoms with Crippen LogP contribution in [0.3, 0.4) is 0 Å². The molecule has 1 N–H and O–H groups in total. The first-order valence-corrected chi connectivity index (χ1v) is 5.16. The Morgan fingerprint density at radius 3 is 2.57 bits per heavy atom. The minimum Gasteiger partial charge on any atom is -0.478 e.